The molecule has 0 radical (unpaired) electrons. The number of nitrogens with zero attached hydrogens (tertiary/aromatic N) is 4. The largest absolute Gasteiger partial charge is 0.477 e. The van der Waals surface area contributed by atoms with Gasteiger partial charge in [-0.25, -0.2) is 14.2 Å². The van der Waals surface area contributed by atoms with Crippen molar-refractivity contribution in [2.45, 2.75) is 6.54 Å². The number of carbonyl (C=O) groups is 1. The van der Waals surface area contributed by atoms with Crippen LogP contribution in [0.4, 0.5) is 4.39 Å². The second-order valence-corrected chi connectivity index (χ2v) is 5.48. The van der Waals surface area contributed by atoms with E-state index < -0.39 is 5.97 Å². The molecule has 0 spiro atoms. The van der Waals surface area contributed by atoms with Gasteiger partial charge in [-0.2, -0.15) is 10.4 Å². The molecule has 2 heterocycles. The molecule has 0 fully saturated rings. The van der Waals surface area contributed by atoms with Gasteiger partial charge in [0.25, 0.3) is 0 Å². The molecular formula is C19H13FN4O2. The number of halogens is 1. The number of rotatable bonds is 5. The minimum atomic E-state index is -1.16. The van der Waals surface area contributed by atoms with Crippen molar-refractivity contribution in [2.24, 2.45) is 0 Å². The van der Waals surface area contributed by atoms with E-state index in [1.165, 1.54) is 24.3 Å². The molecule has 1 N–H and O–H groups in total. The number of benzene rings is 1. The van der Waals surface area contributed by atoms with Gasteiger partial charge in [0.1, 0.15) is 17.6 Å². The molecule has 0 saturated carbocycles. The van der Waals surface area contributed by atoms with Crippen LogP contribution < -0.4 is 0 Å². The Balaban J connectivity index is 1.78. The van der Waals surface area contributed by atoms with E-state index in [0.717, 1.165) is 11.1 Å². The van der Waals surface area contributed by atoms with Crippen molar-refractivity contribution in [1.82, 2.24) is 14.8 Å². The van der Waals surface area contributed by atoms with E-state index in [1.807, 2.05) is 6.07 Å². The molecule has 0 amide bonds. The van der Waals surface area contributed by atoms with Gasteiger partial charge in [0.05, 0.1) is 24.0 Å². The number of aromatic nitrogens is 3. The molecular weight excluding hydrogens is 335 g/mol. The van der Waals surface area contributed by atoms with E-state index >= 15 is 0 Å². The fraction of sp³-hybridized carbons (Fsp3) is 0.0526. The topological polar surface area (TPSA) is 91.8 Å². The average molecular weight is 348 g/mol. The smallest absolute Gasteiger partial charge is 0.354 e. The van der Waals surface area contributed by atoms with Crippen molar-refractivity contribution in [3.8, 4) is 6.07 Å². The highest BCUT2D eigenvalue weighted by molar-refractivity contribution is 5.86. The van der Waals surface area contributed by atoms with Gasteiger partial charge in [-0.05, 0) is 42.0 Å². The first-order valence-electron chi connectivity index (χ1n) is 7.64. The molecule has 0 saturated heterocycles. The van der Waals surface area contributed by atoms with Crippen LogP contribution in [0.3, 0.4) is 0 Å². The Morgan fingerprint density at radius 3 is 2.69 bits per heavy atom. The zero-order valence-electron chi connectivity index (χ0n) is 13.5. The Kier molecular flexibility index (Phi) is 4.85. The molecule has 0 aliphatic rings. The molecule has 0 aliphatic heterocycles. The average Bonchev–Trinajstić information content (AvgIpc) is 3.09. The van der Waals surface area contributed by atoms with Gasteiger partial charge in [-0.15, -0.1) is 0 Å². The van der Waals surface area contributed by atoms with Crippen LogP contribution in [0.15, 0.2) is 48.8 Å². The summed E-state index contributed by atoms with van der Waals surface area (Å²) in [5.41, 5.74) is 2.10. The summed E-state index contributed by atoms with van der Waals surface area (Å²) in [5, 5.41) is 22.4. The molecule has 3 rings (SSSR count). The van der Waals surface area contributed by atoms with E-state index in [0.29, 0.717) is 6.54 Å². The van der Waals surface area contributed by atoms with Crippen molar-refractivity contribution in [2.75, 3.05) is 0 Å². The van der Waals surface area contributed by atoms with Crippen LogP contribution in [-0.2, 0) is 6.54 Å². The standard InChI is InChI=1S/C19H13FN4O2/c20-16-5-1-13(2-6-16)11-24-12-14(10-22-24)3-7-17-15(9-21)4-8-18(23-17)19(25)26/h1-8,10,12H,11H2,(H,25,26)/b7-3+. The maximum Gasteiger partial charge on any atom is 0.354 e. The van der Waals surface area contributed by atoms with Crippen LogP contribution in [0.2, 0.25) is 0 Å². The summed E-state index contributed by atoms with van der Waals surface area (Å²) in [6.45, 7) is 0.490. The summed E-state index contributed by atoms with van der Waals surface area (Å²) in [5.74, 6) is -1.45. The molecule has 0 aliphatic carbocycles. The van der Waals surface area contributed by atoms with Crippen LogP contribution in [0.1, 0.15) is 32.9 Å². The number of hydrogen-bond donors (Lipinski definition) is 1. The summed E-state index contributed by atoms with van der Waals surface area (Å²) < 4.78 is 14.6. The summed E-state index contributed by atoms with van der Waals surface area (Å²) in [4.78, 5) is 15.0. The minimum absolute atomic E-state index is 0.129. The fourth-order valence-electron chi connectivity index (χ4n) is 2.32. The van der Waals surface area contributed by atoms with Crippen LogP contribution >= 0.6 is 0 Å². The third-order valence-corrected chi connectivity index (χ3v) is 3.61. The Morgan fingerprint density at radius 2 is 2.00 bits per heavy atom. The van der Waals surface area contributed by atoms with Crippen molar-refractivity contribution < 1.29 is 14.3 Å². The summed E-state index contributed by atoms with van der Waals surface area (Å²) in [6, 6.07) is 10.9. The third-order valence-electron chi connectivity index (χ3n) is 3.61. The Labute approximate surface area is 148 Å². The van der Waals surface area contributed by atoms with Gasteiger partial charge < -0.3 is 5.11 Å². The van der Waals surface area contributed by atoms with Gasteiger partial charge in [0.15, 0.2) is 0 Å². The molecule has 0 atom stereocenters. The van der Waals surface area contributed by atoms with Gasteiger partial charge in [-0.3, -0.25) is 4.68 Å². The lowest BCUT2D eigenvalue weighted by molar-refractivity contribution is 0.0690. The minimum Gasteiger partial charge on any atom is -0.477 e. The Bertz CT molecular complexity index is 1020. The lowest BCUT2D eigenvalue weighted by Crippen LogP contribution is -2.02. The van der Waals surface area contributed by atoms with Crippen LogP contribution in [-0.4, -0.2) is 25.8 Å². The second kappa shape index (κ2) is 7.40. The molecule has 7 heteroatoms. The van der Waals surface area contributed by atoms with Crippen LogP contribution in [0, 0.1) is 17.1 Å². The zero-order valence-corrected chi connectivity index (χ0v) is 13.5. The number of nitriles is 1. The molecule has 128 valence electrons. The highest BCUT2D eigenvalue weighted by Crippen LogP contribution is 2.12. The molecule has 26 heavy (non-hydrogen) atoms. The maximum atomic E-state index is 12.9. The first-order chi connectivity index (χ1) is 12.5. The number of hydrogen-bond acceptors (Lipinski definition) is 4. The molecule has 1 aromatic carbocycles. The van der Waals surface area contributed by atoms with E-state index in [1.54, 1.807) is 41.4 Å². The fourth-order valence-corrected chi connectivity index (χ4v) is 2.32. The normalized spacial score (nSPS) is 10.8. The number of pyridine rings is 1. The lowest BCUT2D eigenvalue weighted by atomic mass is 10.1. The summed E-state index contributed by atoms with van der Waals surface area (Å²) >= 11 is 0. The van der Waals surface area contributed by atoms with Gasteiger partial charge in [0, 0.05) is 11.8 Å². The summed E-state index contributed by atoms with van der Waals surface area (Å²) in [7, 11) is 0. The van der Waals surface area contributed by atoms with Crippen molar-refractivity contribution in [3.05, 3.63) is 82.7 Å². The Morgan fingerprint density at radius 1 is 1.23 bits per heavy atom. The lowest BCUT2D eigenvalue weighted by Gasteiger charge is -2.01. The van der Waals surface area contributed by atoms with Crippen LogP contribution in [0.5, 0.6) is 0 Å². The predicted octanol–water partition coefficient (Wildman–Crippen LogP) is 3.21. The van der Waals surface area contributed by atoms with Gasteiger partial charge in [0.2, 0.25) is 0 Å². The quantitative estimate of drug-likeness (QED) is 0.764. The highest BCUT2D eigenvalue weighted by atomic mass is 19.1. The number of aromatic carboxylic acids is 1. The van der Waals surface area contributed by atoms with Gasteiger partial charge >= 0.3 is 5.97 Å². The molecule has 0 bridgehead atoms. The van der Waals surface area contributed by atoms with E-state index in [9.17, 15) is 9.18 Å². The molecule has 3 aromatic rings. The molecule has 6 nitrogen and oxygen atoms in total. The van der Waals surface area contributed by atoms with Gasteiger partial charge in [-0.1, -0.05) is 12.1 Å². The SMILES string of the molecule is N#Cc1ccc(C(=O)O)nc1/C=C/c1cnn(Cc2ccc(F)cc2)c1. The van der Waals surface area contributed by atoms with E-state index in [4.69, 9.17) is 10.4 Å². The maximum absolute atomic E-state index is 12.9. The van der Waals surface area contributed by atoms with Crippen LogP contribution in [0.25, 0.3) is 12.2 Å². The predicted molar refractivity (Wildman–Crippen MR) is 92.6 cm³/mol. The third kappa shape index (κ3) is 3.99. The van der Waals surface area contributed by atoms with Crippen molar-refractivity contribution in [1.29, 1.82) is 5.26 Å². The van der Waals surface area contributed by atoms with Crippen molar-refractivity contribution >= 4 is 18.1 Å². The first kappa shape index (κ1) is 17.0. The monoisotopic (exact) mass is 348 g/mol. The Hall–Kier alpha value is -3.79. The van der Waals surface area contributed by atoms with E-state index in [2.05, 4.69) is 10.1 Å². The van der Waals surface area contributed by atoms with E-state index in [-0.39, 0.29) is 22.8 Å². The number of carboxylic acid groups (broad SMARTS) is 1. The summed E-state index contributed by atoms with van der Waals surface area (Å²) in [6.07, 6.45) is 6.69. The molecule has 0 unspecified atom stereocenters. The first-order valence-corrected chi connectivity index (χ1v) is 7.64. The highest BCUT2D eigenvalue weighted by Gasteiger charge is 2.08. The van der Waals surface area contributed by atoms with Crippen molar-refractivity contribution in [3.63, 3.8) is 0 Å². The molecule has 2 aromatic heterocycles. The number of carboxylic acids is 1. The second-order valence-electron chi connectivity index (χ2n) is 5.48. The zero-order chi connectivity index (χ0) is 18.5.